The Balaban J connectivity index is 0.000000521. The van der Waals surface area contributed by atoms with Crippen LogP contribution in [0.1, 0.15) is 70.0 Å². The highest BCUT2D eigenvalue weighted by Gasteiger charge is 2.29. The number of carboxylic acid groups (broad SMARTS) is 1. The highest BCUT2D eigenvalue weighted by molar-refractivity contribution is 6.30. The molecule has 0 aliphatic heterocycles. The summed E-state index contributed by atoms with van der Waals surface area (Å²) < 4.78 is 0. The van der Waals surface area contributed by atoms with Crippen LogP contribution in [-0.4, -0.2) is 104 Å². The number of rotatable bonds is 15. The summed E-state index contributed by atoms with van der Waals surface area (Å²) in [5.74, 6) is 4.53. The van der Waals surface area contributed by atoms with Crippen LogP contribution in [0.3, 0.4) is 0 Å². The summed E-state index contributed by atoms with van der Waals surface area (Å²) in [4.78, 5) is 26.4. The van der Waals surface area contributed by atoms with Crippen molar-refractivity contribution in [3.63, 3.8) is 0 Å². The fourth-order valence-corrected chi connectivity index (χ4v) is 4.63. The van der Waals surface area contributed by atoms with Gasteiger partial charge in [-0.2, -0.15) is 0 Å². The number of hydrogen-bond acceptors (Lipinski definition) is 9. The van der Waals surface area contributed by atoms with Crippen molar-refractivity contribution in [2.75, 3.05) is 26.7 Å². The number of phenols is 1. The Bertz CT molecular complexity index is 1490. The molecule has 0 heterocycles. The summed E-state index contributed by atoms with van der Waals surface area (Å²) in [5.41, 5.74) is 2.65. The molecule has 0 spiro atoms. The van der Waals surface area contributed by atoms with Crippen LogP contribution in [0, 0.1) is 11.8 Å². The van der Waals surface area contributed by atoms with Crippen molar-refractivity contribution in [1.29, 1.82) is 0 Å². The Morgan fingerprint density at radius 3 is 1.98 bits per heavy atom. The van der Waals surface area contributed by atoms with Gasteiger partial charge in [-0.25, -0.2) is 4.79 Å². The molecule has 8 N–H and O–H groups in total. The predicted octanol–water partition coefficient (Wildman–Crippen LogP) is 3.01. The van der Waals surface area contributed by atoms with E-state index in [4.69, 9.17) is 32.0 Å². The van der Waals surface area contributed by atoms with E-state index in [0.29, 0.717) is 22.7 Å². The zero-order valence-electron chi connectivity index (χ0n) is 27.1. The van der Waals surface area contributed by atoms with Crippen LogP contribution in [0.2, 0.25) is 5.02 Å². The minimum atomic E-state index is -1.55. The lowest BCUT2D eigenvalue weighted by molar-refractivity contribution is -0.113. The molecule has 260 valence electrons. The number of aromatic hydroxyl groups is 1. The van der Waals surface area contributed by atoms with Gasteiger partial charge in [0.05, 0.1) is 12.7 Å². The maximum Gasteiger partial charge on any atom is 0.339 e. The standard InChI is InChI=1S/C29H28ClNO4.C7H17NO5/c1-2-3-4-5-18-31(20-23-12-17-27(32)26(19-23)29(34)35)28(33)24-13-8-21(9-14-24)6-7-22-10-15-25(30)16-11-22;1-8-2-4(10)6(12)7(13)5(11)3-9/h8-17,19,32H,2-5,18,20H2,1H3,(H,34,35);4-13H,2-3H2,1H3/t;4-,5+,6+,7+/m.0/s1. The van der Waals surface area contributed by atoms with E-state index < -0.39 is 37.0 Å². The molecule has 0 unspecified atom stereocenters. The zero-order chi connectivity index (χ0) is 35.6. The summed E-state index contributed by atoms with van der Waals surface area (Å²) in [6, 6.07) is 18.8. The molecule has 0 aliphatic carbocycles. The van der Waals surface area contributed by atoms with E-state index in [9.17, 15) is 24.9 Å². The SMILES string of the molecule is CCCCCCN(Cc1ccc(O)c(C(=O)O)c1)C(=O)c1ccc(C#Cc2ccc(Cl)cc2)cc1.CNC[C@H](O)[C@@H](O)[C@H](O)[C@H](O)CO. The molecule has 11 nitrogen and oxygen atoms in total. The van der Waals surface area contributed by atoms with Crippen molar-refractivity contribution in [2.45, 2.75) is 63.6 Å². The van der Waals surface area contributed by atoms with Gasteiger partial charge in [0.2, 0.25) is 0 Å². The molecule has 12 heteroatoms. The van der Waals surface area contributed by atoms with Crippen molar-refractivity contribution in [1.82, 2.24) is 10.2 Å². The van der Waals surface area contributed by atoms with Gasteiger partial charge >= 0.3 is 5.97 Å². The summed E-state index contributed by atoms with van der Waals surface area (Å²) in [6.07, 6.45) is -1.60. The zero-order valence-corrected chi connectivity index (χ0v) is 27.8. The van der Waals surface area contributed by atoms with E-state index in [2.05, 4.69) is 24.1 Å². The second-order valence-electron chi connectivity index (χ2n) is 11.1. The highest BCUT2D eigenvalue weighted by Crippen LogP contribution is 2.21. The van der Waals surface area contributed by atoms with Crippen LogP contribution >= 0.6 is 11.6 Å². The number of nitrogens with one attached hydrogen (secondary N) is 1. The molecule has 3 aromatic carbocycles. The first-order valence-corrected chi connectivity index (χ1v) is 16.0. The third kappa shape index (κ3) is 13.3. The Morgan fingerprint density at radius 1 is 0.854 bits per heavy atom. The number of aromatic carboxylic acids is 1. The second-order valence-corrected chi connectivity index (χ2v) is 11.6. The van der Waals surface area contributed by atoms with Gasteiger partial charge in [-0.05, 0) is 79.7 Å². The number of carbonyl (C=O) groups is 2. The van der Waals surface area contributed by atoms with E-state index in [-0.39, 0.29) is 30.3 Å². The first-order valence-electron chi connectivity index (χ1n) is 15.6. The van der Waals surface area contributed by atoms with Crippen LogP contribution in [-0.2, 0) is 6.54 Å². The minimum Gasteiger partial charge on any atom is -0.507 e. The Hall–Kier alpha value is -3.99. The number of amides is 1. The number of unbranched alkanes of at least 4 members (excludes halogenated alkanes) is 3. The van der Waals surface area contributed by atoms with Gasteiger partial charge < -0.3 is 46.0 Å². The van der Waals surface area contributed by atoms with E-state index in [1.165, 1.54) is 12.1 Å². The Morgan fingerprint density at radius 2 is 1.44 bits per heavy atom. The molecule has 0 aromatic heterocycles. The van der Waals surface area contributed by atoms with Gasteiger partial charge in [-0.15, -0.1) is 0 Å². The van der Waals surface area contributed by atoms with Crippen molar-refractivity contribution in [3.8, 4) is 17.6 Å². The van der Waals surface area contributed by atoms with Crippen LogP contribution < -0.4 is 5.32 Å². The smallest absolute Gasteiger partial charge is 0.339 e. The molecule has 0 bridgehead atoms. The maximum atomic E-state index is 13.3. The van der Waals surface area contributed by atoms with Gasteiger partial charge in [0.1, 0.15) is 29.6 Å². The molecule has 3 aromatic rings. The number of likely N-dealkylation sites (N-methyl/N-ethyl adjacent to an activating group) is 1. The fraction of sp³-hybridized carbons (Fsp3) is 0.389. The predicted molar refractivity (Wildman–Crippen MR) is 183 cm³/mol. The van der Waals surface area contributed by atoms with Gasteiger partial charge in [-0.3, -0.25) is 4.79 Å². The van der Waals surface area contributed by atoms with E-state index in [0.717, 1.165) is 36.8 Å². The summed E-state index contributed by atoms with van der Waals surface area (Å²) in [6.45, 7) is 2.37. The van der Waals surface area contributed by atoms with E-state index in [1.54, 1.807) is 42.3 Å². The molecule has 48 heavy (non-hydrogen) atoms. The minimum absolute atomic E-state index is 0.0936. The van der Waals surface area contributed by atoms with Crippen molar-refractivity contribution >= 4 is 23.5 Å². The number of aliphatic hydroxyl groups excluding tert-OH is 5. The normalized spacial score (nSPS) is 13.2. The molecule has 0 saturated heterocycles. The average Bonchev–Trinajstić information content (AvgIpc) is 3.09. The van der Waals surface area contributed by atoms with Gasteiger partial charge in [0.25, 0.3) is 5.91 Å². The lowest BCUT2D eigenvalue weighted by Crippen LogP contribution is -2.48. The lowest BCUT2D eigenvalue weighted by atomic mass is 10.0. The van der Waals surface area contributed by atoms with Crippen LogP contribution in [0.15, 0.2) is 66.7 Å². The fourth-order valence-electron chi connectivity index (χ4n) is 4.50. The van der Waals surface area contributed by atoms with Crippen molar-refractivity contribution in [2.24, 2.45) is 0 Å². The molecule has 0 fully saturated rings. The first-order chi connectivity index (χ1) is 22.9. The molecule has 4 atom stereocenters. The molecule has 1 amide bonds. The quantitative estimate of drug-likeness (QED) is 0.0872. The number of hydrogen-bond donors (Lipinski definition) is 8. The van der Waals surface area contributed by atoms with Crippen molar-refractivity contribution < 1.29 is 45.3 Å². The van der Waals surface area contributed by atoms with Gasteiger partial charge in [0.15, 0.2) is 0 Å². The topological polar surface area (TPSA) is 191 Å². The summed E-state index contributed by atoms with van der Waals surface area (Å²) >= 11 is 5.91. The number of nitrogens with zero attached hydrogens (tertiary/aromatic N) is 1. The maximum absolute atomic E-state index is 13.3. The average molecular weight is 685 g/mol. The molecule has 0 saturated carbocycles. The van der Waals surface area contributed by atoms with Crippen LogP contribution in [0.4, 0.5) is 0 Å². The molecule has 0 aliphatic rings. The number of halogens is 1. The van der Waals surface area contributed by atoms with Crippen LogP contribution in [0.5, 0.6) is 5.75 Å². The number of benzene rings is 3. The van der Waals surface area contributed by atoms with E-state index >= 15 is 0 Å². The van der Waals surface area contributed by atoms with E-state index in [1.807, 2.05) is 24.3 Å². The van der Waals surface area contributed by atoms with Gasteiger partial charge in [-0.1, -0.05) is 55.7 Å². The monoisotopic (exact) mass is 684 g/mol. The van der Waals surface area contributed by atoms with Gasteiger partial charge in [0, 0.05) is 41.3 Å². The molecular formula is C36H45ClN2O9. The highest BCUT2D eigenvalue weighted by atomic mass is 35.5. The number of carboxylic acids is 1. The summed E-state index contributed by atoms with van der Waals surface area (Å²) in [5, 5.41) is 67.2. The number of aliphatic hydroxyl groups is 5. The summed E-state index contributed by atoms with van der Waals surface area (Å²) in [7, 11) is 1.57. The third-order valence-electron chi connectivity index (χ3n) is 7.30. The second kappa shape index (κ2) is 21.1. The first kappa shape index (κ1) is 40.2. The molecule has 3 rings (SSSR count). The molecular weight excluding hydrogens is 640 g/mol. The lowest BCUT2D eigenvalue weighted by Gasteiger charge is -2.25. The Kier molecular flexibility index (Phi) is 17.6. The van der Waals surface area contributed by atoms with Crippen LogP contribution in [0.25, 0.3) is 0 Å². The van der Waals surface area contributed by atoms with Crippen molar-refractivity contribution in [3.05, 3.63) is 99.6 Å². The number of carbonyl (C=O) groups excluding carboxylic acids is 1. The third-order valence-corrected chi connectivity index (χ3v) is 7.55. The molecule has 0 radical (unpaired) electrons. The Labute approximate surface area is 286 Å². The largest absolute Gasteiger partial charge is 0.507 e.